The third-order valence-corrected chi connectivity index (χ3v) is 19.3. The molecular formula is C55H84O19. The van der Waals surface area contributed by atoms with Crippen LogP contribution in [0.25, 0.3) is 0 Å². The zero-order valence-corrected chi connectivity index (χ0v) is 44.8. The molecule has 0 spiro atoms. The Morgan fingerprint density at radius 3 is 1.76 bits per heavy atom. The molecule has 19 nitrogen and oxygen atoms in total. The van der Waals surface area contributed by atoms with Gasteiger partial charge in [0.05, 0.1) is 72.0 Å². The Morgan fingerprint density at radius 1 is 0.676 bits per heavy atom. The first-order valence-corrected chi connectivity index (χ1v) is 27.0. The number of fused-ring (bicyclic) bond motifs is 5. The summed E-state index contributed by atoms with van der Waals surface area (Å²) < 4.78 is 74.8. The van der Waals surface area contributed by atoms with Gasteiger partial charge in [-0.15, -0.1) is 0 Å². The Hall–Kier alpha value is -2.25. The number of esters is 1. The van der Waals surface area contributed by atoms with E-state index in [2.05, 4.69) is 6.92 Å². The number of ether oxygens (including phenoxy) is 12. The van der Waals surface area contributed by atoms with Gasteiger partial charge < -0.3 is 87.5 Å². The van der Waals surface area contributed by atoms with Gasteiger partial charge in [0, 0.05) is 52.9 Å². The highest BCUT2D eigenvalue weighted by Crippen LogP contribution is 2.71. The maximum Gasteiger partial charge on any atom is 0.338 e. The minimum absolute atomic E-state index is 0.00475. The summed E-state index contributed by atoms with van der Waals surface area (Å²) in [5.41, 5.74) is -6.34. The maximum absolute atomic E-state index is 13.7. The fourth-order valence-electron chi connectivity index (χ4n) is 14.8. The summed E-state index contributed by atoms with van der Waals surface area (Å²) >= 11 is 0. The second-order valence-electron chi connectivity index (χ2n) is 23.2. The van der Waals surface area contributed by atoms with Crippen LogP contribution in [0.1, 0.15) is 129 Å². The summed E-state index contributed by atoms with van der Waals surface area (Å²) in [6, 6.07) is 8.56. The lowest BCUT2D eigenvalue weighted by atomic mass is 9.42. The van der Waals surface area contributed by atoms with Crippen LogP contribution in [0.2, 0.25) is 0 Å². The molecule has 0 radical (unpaired) electrons. The monoisotopic (exact) mass is 1050 g/mol. The molecule has 4 aliphatic heterocycles. The van der Waals surface area contributed by atoms with Crippen LogP contribution < -0.4 is 0 Å². The molecule has 74 heavy (non-hydrogen) atoms. The first kappa shape index (κ1) is 56.5. The summed E-state index contributed by atoms with van der Waals surface area (Å²) in [5, 5.41) is 71.3. The highest BCUT2D eigenvalue weighted by Gasteiger charge is 2.81. The quantitative estimate of drug-likeness (QED) is 0.114. The SMILES string of the molecule is CO[C@@H]1C[C@H](O[C@@H]2[C@@H](C)O[C@@H](O[C@@H]3[C@@H](C)O[C@@H](O[C@H]4[C@@H](O)C[C@H](O[C@H]5CC[C@@]6(C)C(=CC[C@]7(O)[C@@H]6C[C@@H](OC(=O)c6ccccc6)[C@@]6(C)[C@]7(O)CC[C@@]6(O)[C@H](C)O)C5)O[C@@H]4C)C[C@H]3OC)C[C@H]2OC)O[C@H](C)[C@H]1O. The van der Waals surface area contributed by atoms with Crippen molar-refractivity contribution in [3.63, 3.8) is 0 Å². The van der Waals surface area contributed by atoms with Gasteiger partial charge in [-0.2, -0.15) is 0 Å². The third kappa shape index (κ3) is 9.76. The minimum atomic E-state index is -1.92. The molecule has 0 unspecified atom stereocenters. The van der Waals surface area contributed by atoms with Crippen molar-refractivity contribution in [1.29, 1.82) is 0 Å². The second kappa shape index (κ2) is 21.8. The van der Waals surface area contributed by atoms with Crippen molar-refractivity contribution in [2.24, 2.45) is 16.7 Å². The molecule has 6 N–H and O–H groups in total. The van der Waals surface area contributed by atoms with Gasteiger partial charge in [0.15, 0.2) is 25.2 Å². The molecule has 4 aliphatic carbocycles. The van der Waals surface area contributed by atoms with Crippen LogP contribution >= 0.6 is 0 Å². The maximum atomic E-state index is 13.7. The molecule has 4 heterocycles. The molecule has 19 heteroatoms. The number of methoxy groups -OCH3 is 3. The third-order valence-electron chi connectivity index (χ3n) is 19.3. The number of benzene rings is 1. The molecule has 1 aromatic carbocycles. The van der Waals surface area contributed by atoms with E-state index in [0.29, 0.717) is 44.1 Å². The van der Waals surface area contributed by atoms with Gasteiger partial charge in [-0.25, -0.2) is 4.79 Å². The van der Waals surface area contributed by atoms with Crippen molar-refractivity contribution < 1.29 is 92.3 Å². The van der Waals surface area contributed by atoms with Gasteiger partial charge in [-0.1, -0.05) is 43.7 Å². The predicted octanol–water partition coefficient (Wildman–Crippen LogP) is 3.97. The zero-order valence-electron chi connectivity index (χ0n) is 44.8. The number of carbonyl (C=O) groups excluding carboxylic acids is 1. The van der Waals surface area contributed by atoms with Gasteiger partial charge >= 0.3 is 5.97 Å². The smallest absolute Gasteiger partial charge is 0.338 e. The van der Waals surface area contributed by atoms with Gasteiger partial charge in [0.25, 0.3) is 0 Å². The normalized spacial score (nSPS) is 49.9. The van der Waals surface area contributed by atoms with E-state index in [1.54, 1.807) is 65.5 Å². The number of carbonyl (C=O) groups is 1. The summed E-state index contributed by atoms with van der Waals surface area (Å²) in [5.74, 6) is -1.18. The number of hydrogen-bond acceptors (Lipinski definition) is 19. The standard InChI is InChI=1S/C55H84O19/c1-28-46(58)37(63-8)24-43(66-28)73-48-31(4)69-45(26-39(48)65-10)74-49-30(3)68-44(25-38(49)64-9)72-47-29(2)67-42(23-36(47)57)70-35-17-18-51(6)34(22-35)16-19-54(61)40(51)27-41(71-50(59)33-14-12-11-13-15-33)52(7)53(60,32(5)56)20-21-55(52,54)62/h11-16,28-32,35-49,56-58,60-62H,17-27H2,1-10H3/t28-,29-,30-,31-,32+,35+,36+,37-,38-,39-,40-,41-,42+,43+,44+,45+,46-,47-,48-,49-,51+,52-,53-,54+,55-/m1/s1. The van der Waals surface area contributed by atoms with Crippen LogP contribution in [0.15, 0.2) is 42.0 Å². The molecule has 25 atom stereocenters. The average Bonchev–Trinajstić information content (AvgIpc) is 3.60. The van der Waals surface area contributed by atoms with Gasteiger partial charge in [0.2, 0.25) is 0 Å². The van der Waals surface area contributed by atoms with Gasteiger partial charge in [-0.05, 0) is 97.1 Å². The van der Waals surface area contributed by atoms with E-state index in [9.17, 15) is 35.4 Å². The highest BCUT2D eigenvalue weighted by molar-refractivity contribution is 5.89. The van der Waals surface area contributed by atoms with E-state index in [4.69, 9.17) is 56.8 Å². The summed E-state index contributed by atoms with van der Waals surface area (Å²) in [7, 11) is 4.79. The molecule has 0 amide bonds. The van der Waals surface area contributed by atoms with E-state index in [1.807, 2.05) is 26.8 Å². The van der Waals surface area contributed by atoms with Crippen LogP contribution in [0, 0.1) is 16.7 Å². The number of hydrogen-bond donors (Lipinski definition) is 6. The minimum Gasteiger partial charge on any atom is -0.458 e. The summed E-state index contributed by atoms with van der Waals surface area (Å²) in [4.78, 5) is 13.7. The second-order valence-corrected chi connectivity index (χ2v) is 23.2. The molecule has 7 fully saturated rings. The van der Waals surface area contributed by atoms with Gasteiger partial charge in [-0.3, -0.25) is 0 Å². The molecule has 4 saturated heterocycles. The van der Waals surface area contributed by atoms with Crippen LogP contribution in [-0.4, -0.2) is 191 Å². The Bertz CT molecular complexity index is 2100. The lowest BCUT2D eigenvalue weighted by Crippen LogP contribution is -2.78. The fourth-order valence-corrected chi connectivity index (χ4v) is 14.8. The van der Waals surface area contributed by atoms with E-state index < -0.39 is 144 Å². The van der Waals surface area contributed by atoms with Crippen LogP contribution in [0.3, 0.4) is 0 Å². The van der Waals surface area contributed by atoms with E-state index in [-0.39, 0.29) is 44.3 Å². The molecule has 1 aromatic rings. The van der Waals surface area contributed by atoms with Gasteiger partial charge in [0.1, 0.15) is 47.3 Å². The Labute approximate surface area is 435 Å². The number of aliphatic hydroxyl groups excluding tert-OH is 3. The highest BCUT2D eigenvalue weighted by atomic mass is 16.8. The topological polar surface area (TPSA) is 249 Å². The number of aliphatic hydroxyl groups is 6. The molecule has 0 aromatic heterocycles. The molecule has 0 bridgehead atoms. The average molecular weight is 1050 g/mol. The molecular weight excluding hydrogens is 965 g/mol. The van der Waals surface area contributed by atoms with Crippen molar-refractivity contribution in [2.45, 2.75) is 253 Å². The Kier molecular flexibility index (Phi) is 16.6. The molecule has 3 saturated carbocycles. The van der Waals surface area contributed by atoms with Crippen LogP contribution in [0.4, 0.5) is 0 Å². The van der Waals surface area contributed by atoms with Crippen molar-refractivity contribution in [3.05, 3.63) is 47.5 Å². The fraction of sp³-hybridized carbons (Fsp3) is 0.836. The van der Waals surface area contributed by atoms with E-state index >= 15 is 0 Å². The largest absolute Gasteiger partial charge is 0.458 e. The van der Waals surface area contributed by atoms with E-state index in [1.165, 1.54) is 6.92 Å². The lowest BCUT2D eigenvalue weighted by molar-refractivity contribution is -0.346. The first-order valence-electron chi connectivity index (χ1n) is 27.0. The van der Waals surface area contributed by atoms with Crippen LogP contribution in [-0.2, 0) is 56.8 Å². The Balaban J connectivity index is 0.798. The van der Waals surface area contributed by atoms with Crippen LogP contribution in [0.5, 0.6) is 0 Å². The van der Waals surface area contributed by atoms with Crippen molar-refractivity contribution in [3.8, 4) is 0 Å². The molecule has 9 rings (SSSR count). The van der Waals surface area contributed by atoms with E-state index in [0.717, 1.165) is 5.57 Å². The number of rotatable bonds is 14. The van der Waals surface area contributed by atoms with Crippen molar-refractivity contribution in [1.82, 2.24) is 0 Å². The van der Waals surface area contributed by atoms with Crippen molar-refractivity contribution >= 4 is 5.97 Å². The Morgan fingerprint density at radius 2 is 1.20 bits per heavy atom. The lowest BCUT2D eigenvalue weighted by Gasteiger charge is -2.67. The first-order chi connectivity index (χ1) is 35.0. The molecule has 8 aliphatic rings. The summed E-state index contributed by atoms with van der Waals surface area (Å²) in [6.45, 7) is 12.6. The summed E-state index contributed by atoms with van der Waals surface area (Å²) in [6.07, 6.45) is -6.84. The molecule has 418 valence electrons. The zero-order chi connectivity index (χ0) is 53.3. The predicted molar refractivity (Wildman–Crippen MR) is 262 cm³/mol. The van der Waals surface area contributed by atoms with Crippen molar-refractivity contribution in [2.75, 3.05) is 21.3 Å².